The lowest BCUT2D eigenvalue weighted by Gasteiger charge is -2.18. The highest BCUT2D eigenvalue weighted by Crippen LogP contribution is 2.46. The molecule has 0 aliphatic rings. The van der Waals surface area contributed by atoms with Gasteiger partial charge in [-0.25, -0.2) is 0 Å². The molecular formula is C128H106N8. The van der Waals surface area contributed by atoms with Gasteiger partial charge in [-0.15, -0.1) is 0 Å². The fraction of sp³-hybridized carbons (Fsp3) is 0.0938. The van der Waals surface area contributed by atoms with E-state index in [-0.39, 0.29) is 0 Å². The summed E-state index contributed by atoms with van der Waals surface area (Å²) in [4.78, 5) is 8.61. The molecule has 25 rings (SSSR count). The van der Waals surface area contributed by atoms with Crippen molar-refractivity contribution in [1.82, 2.24) is 18.3 Å². The SMILES string of the molecule is CN(C)c1cccc(-c2cccc(-c3ccc4c5c6ccccc6c6ccccc6c5n(C)c4c3)c2)c1.CN(C)c1cccc(-c2cccc(-c3ccc4c5c6ccccc6ccc5n(C)c4c3)c2)c1.CN(C)c1cccc(-c2cccc(-c3ccc4c5ccc6ccccc6c5n(C)c4c3)c2)c1.CN(C)c1ccccc1-c1cccc(-c2ccc3c(c2)c2c4ccccc4ccc2n3C)c1. The molecule has 0 unspecified atom stereocenters. The third kappa shape index (κ3) is 15.3. The standard InChI is InChI=1S/C35H28N2.3C31H26N2/c1-36(2)27-13-9-12-25(21-27)23-10-8-11-24(20-23)26-18-19-32-33(22-26)37(3)35-31-17-7-5-15-29(31)28-14-4-6-16-30(28)34(32)35;1-32(2)26-12-7-11-24(19-26)22-9-6-10-23(18-22)25-15-16-28-29-17-14-21-8-4-5-13-27(21)31(29)33(3)30(28)20-25;1-32(2)26-12-7-11-24(19-26)22-9-6-10-23(18-22)25-14-16-28-30(20-25)33(3)29-17-15-21-8-4-5-13-27(21)31(28)29;1-32(2)28-14-7-6-12-25(28)24-11-8-10-22(19-24)23-16-17-29-27(20-23)31-26-13-5-4-9-21(26)15-18-30(31)33(29)3/h4-22H,1-3H3;3*4-20H,1-3H3. The highest BCUT2D eigenvalue weighted by molar-refractivity contribution is 6.32. The molecule has 0 radical (unpaired) electrons. The van der Waals surface area contributed by atoms with E-state index in [0.717, 1.165) is 0 Å². The maximum Gasteiger partial charge on any atom is 0.0574 e. The molecule has 0 N–H and O–H groups in total. The molecule has 0 atom stereocenters. The molecule has 4 aromatic heterocycles. The molecule has 4 heterocycles. The predicted molar refractivity (Wildman–Crippen MR) is 590 cm³/mol. The van der Waals surface area contributed by atoms with E-state index in [0.29, 0.717) is 0 Å². The van der Waals surface area contributed by atoms with E-state index >= 15 is 0 Å². The number of aromatic nitrogens is 4. The zero-order valence-corrected chi connectivity index (χ0v) is 79.0. The highest BCUT2D eigenvalue weighted by atomic mass is 15.1. The molecule has 8 nitrogen and oxygen atoms in total. The Morgan fingerprint density at radius 3 is 0.941 bits per heavy atom. The molecule has 0 fully saturated rings. The van der Waals surface area contributed by atoms with Crippen LogP contribution in [0.1, 0.15) is 0 Å². The Morgan fingerprint density at radius 2 is 0.456 bits per heavy atom. The second kappa shape index (κ2) is 35.1. The van der Waals surface area contributed by atoms with Gasteiger partial charge in [-0.05, 0) is 236 Å². The maximum absolute atomic E-state index is 2.38. The molecule has 136 heavy (non-hydrogen) atoms. The first-order valence-electron chi connectivity index (χ1n) is 46.9. The summed E-state index contributed by atoms with van der Waals surface area (Å²) >= 11 is 0. The Balaban J connectivity index is 0.000000105. The molecule has 0 aliphatic heterocycles. The van der Waals surface area contributed by atoms with Crippen LogP contribution < -0.4 is 19.6 Å². The number of benzene rings is 21. The molecule has 0 aliphatic carbocycles. The number of para-hydroxylation sites is 1. The zero-order chi connectivity index (χ0) is 92.7. The Morgan fingerprint density at radius 1 is 0.154 bits per heavy atom. The van der Waals surface area contributed by atoms with Crippen LogP contribution in [-0.4, -0.2) is 74.6 Å². The predicted octanol–water partition coefficient (Wildman–Crippen LogP) is 32.7. The van der Waals surface area contributed by atoms with Crippen molar-refractivity contribution >= 4 is 164 Å². The smallest absolute Gasteiger partial charge is 0.0574 e. The number of nitrogens with zero attached hydrogens (tertiary/aromatic N) is 8. The molecule has 8 heteroatoms. The minimum Gasteiger partial charge on any atom is -0.378 e. The topological polar surface area (TPSA) is 32.7 Å². The Kier molecular flexibility index (Phi) is 21.9. The molecular weight excluding hydrogens is 1650 g/mol. The first-order chi connectivity index (χ1) is 66.4. The minimum absolute atomic E-state index is 1.21. The van der Waals surface area contributed by atoms with Crippen molar-refractivity contribution in [2.45, 2.75) is 0 Å². The summed E-state index contributed by atoms with van der Waals surface area (Å²) < 4.78 is 9.36. The monoisotopic (exact) mass is 1750 g/mol. The number of rotatable bonds is 12. The summed E-state index contributed by atoms with van der Waals surface area (Å²) in [6, 6.07) is 155. The Labute approximate surface area is 794 Å². The van der Waals surface area contributed by atoms with Gasteiger partial charge in [-0.1, -0.05) is 315 Å². The number of hydrogen-bond acceptors (Lipinski definition) is 4. The quantitative estimate of drug-likeness (QED) is 0.114. The van der Waals surface area contributed by atoms with Crippen LogP contribution in [0.2, 0.25) is 0 Å². The maximum atomic E-state index is 2.38. The molecule has 0 amide bonds. The van der Waals surface area contributed by atoms with Gasteiger partial charge in [-0.3, -0.25) is 0 Å². The largest absolute Gasteiger partial charge is 0.378 e. The molecule has 0 bridgehead atoms. The normalized spacial score (nSPS) is 11.5. The number of anilines is 4. The van der Waals surface area contributed by atoms with Crippen LogP contribution in [0.4, 0.5) is 22.7 Å². The second-order valence-electron chi connectivity index (χ2n) is 37.1. The van der Waals surface area contributed by atoms with Crippen LogP contribution in [-0.2, 0) is 28.2 Å². The lowest BCUT2D eigenvalue weighted by Crippen LogP contribution is -2.09. The van der Waals surface area contributed by atoms with E-state index in [2.05, 4.69) is 547 Å². The molecule has 0 saturated heterocycles. The third-order valence-corrected chi connectivity index (χ3v) is 28.1. The van der Waals surface area contributed by atoms with Gasteiger partial charge in [0.05, 0.1) is 11.0 Å². The fourth-order valence-electron chi connectivity index (χ4n) is 21.0. The van der Waals surface area contributed by atoms with Gasteiger partial charge >= 0.3 is 0 Å². The van der Waals surface area contributed by atoms with Crippen molar-refractivity contribution in [2.24, 2.45) is 28.2 Å². The van der Waals surface area contributed by atoms with E-state index in [1.165, 1.54) is 253 Å². The van der Waals surface area contributed by atoms with Gasteiger partial charge in [0.15, 0.2) is 0 Å². The van der Waals surface area contributed by atoms with Crippen LogP contribution in [0, 0.1) is 0 Å². The van der Waals surface area contributed by atoms with Crippen LogP contribution in [0.3, 0.4) is 0 Å². The summed E-state index contributed by atoms with van der Waals surface area (Å²) in [5.41, 5.74) is 34.8. The van der Waals surface area contributed by atoms with E-state index in [1.54, 1.807) is 0 Å². The minimum atomic E-state index is 1.21. The Bertz CT molecular complexity index is 8910. The second-order valence-corrected chi connectivity index (χ2v) is 37.1. The van der Waals surface area contributed by atoms with Crippen molar-refractivity contribution < 1.29 is 0 Å². The zero-order valence-electron chi connectivity index (χ0n) is 79.0. The number of hydrogen-bond donors (Lipinski definition) is 0. The molecule has 0 spiro atoms. The Hall–Kier alpha value is -16.7. The van der Waals surface area contributed by atoms with E-state index in [4.69, 9.17) is 0 Å². The summed E-state index contributed by atoms with van der Waals surface area (Å²) in [7, 11) is 25.4. The average molecular weight is 1760 g/mol. The average Bonchev–Trinajstić information content (AvgIpc) is 1.55. The van der Waals surface area contributed by atoms with Gasteiger partial charge in [0.2, 0.25) is 0 Å². The first kappa shape index (κ1) is 84.8. The van der Waals surface area contributed by atoms with E-state index < -0.39 is 0 Å². The van der Waals surface area contributed by atoms with Crippen LogP contribution in [0.25, 0.3) is 230 Å². The number of fused-ring (bicyclic) bond motifs is 23. The van der Waals surface area contributed by atoms with Crippen molar-refractivity contribution in [2.75, 3.05) is 76.0 Å². The lowest BCUT2D eigenvalue weighted by atomic mass is 9.95. The molecule has 21 aromatic carbocycles. The van der Waals surface area contributed by atoms with Crippen LogP contribution >= 0.6 is 0 Å². The van der Waals surface area contributed by atoms with Gasteiger partial charge in [-0.2, -0.15) is 0 Å². The van der Waals surface area contributed by atoms with Crippen molar-refractivity contribution in [3.8, 4) is 89.0 Å². The highest BCUT2D eigenvalue weighted by Gasteiger charge is 2.22. The molecule has 658 valence electrons. The van der Waals surface area contributed by atoms with Crippen LogP contribution in [0.5, 0.6) is 0 Å². The summed E-state index contributed by atoms with van der Waals surface area (Å²) in [5, 5.41) is 23.6. The van der Waals surface area contributed by atoms with E-state index in [1.807, 2.05) is 0 Å². The van der Waals surface area contributed by atoms with Crippen LogP contribution in [0.15, 0.2) is 425 Å². The molecule has 0 saturated carbocycles. The van der Waals surface area contributed by atoms with Gasteiger partial charge in [0, 0.05) is 200 Å². The third-order valence-electron chi connectivity index (χ3n) is 28.1. The van der Waals surface area contributed by atoms with Crippen molar-refractivity contribution in [3.63, 3.8) is 0 Å². The van der Waals surface area contributed by atoms with Gasteiger partial charge in [0.1, 0.15) is 0 Å². The van der Waals surface area contributed by atoms with Crippen molar-refractivity contribution in [3.05, 3.63) is 425 Å². The summed E-state index contributed by atoms with van der Waals surface area (Å²) in [6.07, 6.45) is 0. The number of aryl methyl sites for hydroxylation is 4. The summed E-state index contributed by atoms with van der Waals surface area (Å²) in [5.74, 6) is 0. The fourth-order valence-corrected chi connectivity index (χ4v) is 21.0. The van der Waals surface area contributed by atoms with E-state index in [9.17, 15) is 0 Å². The van der Waals surface area contributed by atoms with Crippen molar-refractivity contribution in [1.29, 1.82) is 0 Å². The first-order valence-corrected chi connectivity index (χ1v) is 46.9. The van der Waals surface area contributed by atoms with Gasteiger partial charge in [0.25, 0.3) is 0 Å². The lowest BCUT2D eigenvalue weighted by molar-refractivity contribution is 1.01. The van der Waals surface area contributed by atoms with Gasteiger partial charge < -0.3 is 37.9 Å². The molecule has 25 aromatic rings. The summed E-state index contributed by atoms with van der Waals surface area (Å²) in [6.45, 7) is 0.